The first-order valence-corrected chi connectivity index (χ1v) is 7.69. The molecule has 0 unspecified atom stereocenters. The van der Waals surface area contributed by atoms with E-state index in [1.807, 2.05) is 48.5 Å². The Morgan fingerprint density at radius 2 is 1.57 bits per heavy atom. The fourth-order valence-electron chi connectivity index (χ4n) is 3.23. The molecule has 0 saturated carbocycles. The van der Waals surface area contributed by atoms with E-state index in [9.17, 15) is 4.79 Å². The summed E-state index contributed by atoms with van der Waals surface area (Å²) >= 11 is 0. The molecule has 112 valence electrons. The molecule has 1 aliphatic carbocycles. The summed E-state index contributed by atoms with van der Waals surface area (Å²) in [6.45, 7) is 0.494. The summed E-state index contributed by atoms with van der Waals surface area (Å²) in [5.41, 5.74) is 5.48. The van der Waals surface area contributed by atoms with Gasteiger partial charge in [-0.15, -0.1) is 0 Å². The Morgan fingerprint density at radius 1 is 0.913 bits per heavy atom. The van der Waals surface area contributed by atoms with Crippen molar-refractivity contribution in [3.63, 3.8) is 0 Å². The van der Waals surface area contributed by atoms with Crippen molar-refractivity contribution in [3.05, 3.63) is 89.7 Å². The summed E-state index contributed by atoms with van der Waals surface area (Å²) in [5.74, 6) is -0.203. The molecule has 1 aromatic heterocycles. The van der Waals surface area contributed by atoms with Gasteiger partial charge in [-0.25, -0.2) is 0 Å². The van der Waals surface area contributed by atoms with E-state index < -0.39 is 0 Å². The van der Waals surface area contributed by atoms with E-state index in [2.05, 4.69) is 22.4 Å². The van der Waals surface area contributed by atoms with Crippen LogP contribution < -0.4 is 5.32 Å². The highest BCUT2D eigenvalue weighted by atomic mass is 16.1. The van der Waals surface area contributed by atoms with Crippen molar-refractivity contribution in [2.75, 3.05) is 0 Å². The number of hydrogen-bond acceptors (Lipinski definition) is 2. The van der Waals surface area contributed by atoms with Gasteiger partial charge >= 0.3 is 0 Å². The van der Waals surface area contributed by atoms with E-state index in [1.165, 1.54) is 0 Å². The quantitative estimate of drug-likeness (QED) is 0.804. The van der Waals surface area contributed by atoms with Crippen LogP contribution in [0, 0.1) is 0 Å². The molecule has 0 radical (unpaired) electrons. The molecule has 23 heavy (non-hydrogen) atoms. The third-order valence-electron chi connectivity index (χ3n) is 4.29. The topological polar surface area (TPSA) is 42.0 Å². The lowest BCUT2D eigenvalue weighted by Gasteiger charge is -2.14. The maximum absolute atomic E-state index is 12.8. The van der Waals surface area contributed by atoms with Gasteiger partial charge in [-0.3, -0.25) is 9.78 Å². The highest BCUT2D eigenvalue weighted by Gasteiger charge is 2.32. The number of pyridine rings is 1. The highest BCUT2D eigenvalue weighted by molar-refractivity contribution is 5.96. The van der Waals surface area contributed by atoms with Crippen molar-refractivity contribution >= 4 is 5.91 Å². The van der Waals surface area contributed by atoms with Crippen molar-refractivity contribution in [1.29, 1.82) is 0 Å². The molecule has 0 aliphatic heterocycles. The van der Waals surface area contributed by atoms with E-state index in [-0.39, 0.29) is 11.8 Å². The number of carbonyl (C=O) groups excluding carboxylic acids is 1. The largest absolute Gasteiger partial charge is 0.351 e. The zero-order chi connectivity index (χ0) is 15.6. The molecule has 3 aromatic rings. The molecule has 0 saturated heterocycles. The first kappa shape index (κ1) is 13.7. The van der Waals surface area contributed by atoms with Crippen LogP contribution in [0.25, 0.3) is 11.1 Å². The van der Waals surface area contributed by atoms with Crippen LogP contribution in [-0.2, 0) is 11.3 Å². The number of hydrogen-bond donors (Lipinski definition) is 1. The van der Waals surface area contributed by atoms with Crippen LogP contribution in [0.3, 0.4) is 0 Å². The van der Waals surface area contributed by atoms with Crippen molar-refractivity contribution in [1.82, 2.24) is 10.3 Å². The van der Waals surface area contributed by atoms with Gasteiger partial charge in [0.05, 0.1) is 5.92 Å². The molecule has 0 fully saturated rings. The van der Waals surface area contributed by atoms with Crippen LogP contribution in [0.5, 0.6) is 0 Å². The third kappa shape index (κ3) is 2.40. The standard InChI is InChI=1S/C20H16N2O/c23-20(22-13-14-6-5-11-21-12-14)19-17-9-3-1-7-15(17)16-8-2-4-10-18(16)19/h1-12,19H,13H2,(H,22,23). The van der Waals surface area contributed by atoms with Crippen molar-refractivity contribution in [3.8, 4) is 11.1 Å². The maximum Gasteiger partial charge on any atom is 0.232 e. The van der Waals surface area contributed by atoms with Gasteiger partial charge in [0.2, 0.25) is 5.91 Å². The van der Waals surface area contributed by atoms with E-state index >= 15 is 0 Å². The van der Waals surface area contributed by atoms with E-state index in [4.69, 9.17) is 0 Å². The molecule has 2 aromatic carbocycles. The summed E-state index contributed by atoms with van der Waals surface area (Å²) in [4.78, 5) is 16.9. The van der Waals surface area contributed by atoms with Crippen LogP contribution in [-0.4, -0.2) is 10.9 Å². The Labute approximate surface area is 135 Å². The van der Waals surface area contributed by atoms with Crippen LogP contribution in [0.2, 0.25) is 0 Å². The molecule has 1 amide bonds. The van der Waals surface area contributed by atoms with Crippen molar-refractivity contribution in [2.45, 2.75) is 12.5 Å². The second-order valence-corrected chi connectivity index (χ2v) is 5.69. The van der Waals surface area contributed by atoms with Gasteiger partial charge in [0, 0.05) is 18.9 Å². The minimum atomic E-state index is -0.237. The monoisotopic (exact) mass is 300 g/mol. The number of carbonyl (C=O) groups is 1. The normalized spacial score (nSPS) is 12.5. The molecule has 0 atom stereocenters. The second-order valence-electron chi connectivity index (χ2n) is 5.69. The highest BCUT2D eigenvalue weighted by Crippen LogP contribution is 2.44. The molecule has 1 heterocycles. The molecule has 1 N–H and O–H groups in total. The summed E-state index contributed by atoms with van der Waals surface area (Å²) in [6.07, 6.45) is 3.51. The minimum Gasteiger partial charge on any atom is -0.351 e. The number of fused-ring (bicyclic) bond motifs is 3. The second kappa shape index (κ2) is 5.69. The van der Waals surface area contributed by atoms with E-state index in [0.29, 0.717) is 6.54 Å². The lowest BCUT2D eigenvalue weighted by Crippen LogP contribution is -2.28. The minimum absolute atomic E-state index is 0.0336. The molecule has 3 heteroatoms. The third-order valence-corrected chi connectivity index (χ3v) is 4.29. The Balaban J connectivity index is 1.64. The Bertz CT molecular complexity index is 813. The maximum atomic E-state index is 12.8. The van der Waals surface area contributed by atoms with Crippen LogP contribution in [0.4, 0.5) is 0 Å². The van der Waals surface area contributed by atoms with Gasteiger partial charge in [-0.2, -0.15) is 0 Å². The number of nitrogens with zero attached hydrogens (tertiary/aromatic N) is 1. The lowest BCUT2D eigenvalue weighted by molar-refractivity contribution is -0.121. The molecular formula is C20H16N2O. The van der Waals surface area contributed by atoms with Gasteiger partial charge in [0.25, 0.3) is 0 Å². The SMILES string of the molecule is O=C(NCc1cccnc1)C1c2ccccc2-c2ccccc21. The van der Waals surface area contributed by atoms with Gasteiger partial charge in [-0.05, 0) is 33.9 Å². The Hall–Kier alpha value is -2.94. The molecule has 3 nitrogen and oxygen atoms in total. The number of benzene rings is 2. The first-order chi connectivity index (χ1) is 11.3. The molecule has 1 aliphatic rings. The van der Waals surface area contributed by atoms with Gasteiger partial charge in [0.15, 0.2) is 0 Å². The lowest BCUT2D eigenvalue weighted by atomic mass is 9.96. The van der Waals surface area contributed by atoms with E-state index in [0.717, 1.165) is 27.8 Å². The number of amides is 1. The molecule has 4 rings (SSSR count). The number of nitrogens with one attached hydrogen (secondary N) is 1. The summed E-state index contributed by atoms with van der Waals surface area (Å²) in [7, 11) is 0. The fraction of sp³-hybridized carbons (Fsp3) is 0.100. The summed E-state index contributed by atoms with van der Waals surface area (Å²) in [6, 6.07) is 20.1. The Morgan fingerprint density at radius 3 is 2.17 bits per heavy atom. The van der Waals surface area contributed by atoms with E-state index in [1.54, 1.807) is 12.4 Å². The number of rotatable bonds is 3. The average Bonchev–Trinajstić information content (AvgIpc) is 2.95. The number of aromatic nitrogens is 1. The van der Waals surface area contributed by atoms with Crippen molar-refractivity contribution < 1.29 is 4.79 Å². The van der Waals surface area contributed by atoms with Crippen molar-refractivity contribution in [2.24, 2.45) is 0 Å². The fourth-order valence-corrected chi connectivity index (χ4v) is 3.23. The van der Waals surface area contributed by atoms with Gasteiger partial charge in [0.1, 0.15) is 0 Å². The smallest absolute Gasteiger partial charge is 0.232 e. The van der Waals surface area contributed by atoms with Crippen LogP contribution in [0.15, 0.2) is 73.1 Å². The zero-order valence-corrected chi connectivity index (χ0v) is 12.6. The van der Waals surface area contributed by atoms with Crippen LogP contribution in [0.1, 0.15) is 22.6 Å². The Kier molecular flexibility index (Phi) is 3.39. The zero-order valence-electron chi connectivity index (χ0n) is 12.6. The summed E-state index contributed by atoms with van der Waals surface area (Å²) in [5, 5.41) is 3.04. The summed E-state index contributed by atoms with van der Waals surface area (Å²) < 4.78 is 0. The molecular weight excluding hydrogens is 284 g/mol. The predicted molar refractivity (Wildman–Crippen MR) is 89.8 cm³/mol. The van der Waals surface area contributed by atoms with Gasteiger partial charge in [-0.1, -0.05) is 54.6 Å². The first-order valence-electron chi connectivity index (χ1n) is 7.69. The molecule has 0 spiro atoms. The predicted octanol–water partition coefficient (Wildman–Crippen LogP) is 3.51. The van der Waals surface area contributed by atoms with Crippen LogP contribution >= 0.6 is 0 Å². The van der Waals surface area contributed by atoms with Gasteiger partial charge < -0.3 is 5.32 Å². The average molecular weight is 300 g/mol. The molecule has 0 bridgehead atoms.